The minimum absolute atomic E-state index is 0.0910. The molecular formula is C9H20OSi. The van der Waals surface area contributed by atoms with Crippen LogP contribution in [0.2, 0.25) is 0 Å². The quantitative estimate of drug-likeness (QED) is 0.461. The van der Waals surface area contributed by atoms with E-state index in [9.17, 15) is 0 Å². The van der Waals surface area contributed by atoms with E-state index in [0.29, 0.717) is 11.8 Å². The molecule has 1 nitrogen and oxygen atoms in total. The minimum atomic E-state index is -0.0910. The summed E-state index contributed by atoms with van der Waals surface area (Å²) >= 11 is 0. The van der Waals surface area contributed by atoms with Crippen molar-refractivity contribution in [1.82, 2.24) is 0 Å². The summed E-state index contributed by atoms with van der Waals surface area (Å²) in [5, 5.41) is 0. The van der Waals surface area contributed by atoms with Gasteiger partial charge in [0.05, 0.1) is 5.60 Å². The van der Waals surface area contributed by atoms with Crippen LogP contribution < -0.4 is 0 Å². The van der Waals surface area contributed by atoms with Crippen molar-refractivity contribution in [2.24, 2.45) is 11.8 Å². The fraction of sp³-hybridized carbons (Fsp3) is 0.778. The van der Waals surface area contributed by atoms with Crippen molar-refractivity contribution in [2.45, 2.75) is 33.3 Å². The van der Waals surface area contributed by atoms with Gasteiger partial charge < -0.3 is 4.43 Å². The smallest absolute Gasteiger partial charge is 0.147 e. The van der Waals surface area contributed by atoms with Gasteiger partial charge in [-0.05, 0) is 11.8 Å². The minimum Gasteiger partial charge on any atom is -0.419 e. The Morgan fingerprint density at radius 3 is 1.64 bits per heavy atom. The van der Waals surface area contributed by atoms with Gasteiger partial charge in [0.25, 0.3) is 0 Å². The molecule has 0 heterocycles. The van der Waals surface area contributed by atoms with Crippen LogP contribution in [0.4, 0.5) is 0 Å². The number of rotatable bonds is 4. The fourth-order valence-electron chi connectivity index (χ4n) is 1.69. The first-order chi connectivity index (χ1) is 5.01. The Morgan fingerprint density at radius 2 is 1.64 bits per heavy atom. The van der Waals surface area contributed by atoms with Gasteiger partial charge >= 0.3 is 0 Å². The van der Waals surface area contributed by atoms with Crippen molar-refractivity contribution in [3.05, 3.63) is 12.7 Å². The van der Waals surface area contributed by atoms with Gasteiger partial charge in [-0.15, -0.1) is 6.58 Å². The van der Waals surface area contributed by atoms with E-state index >= 15 is 0 Å². The molecule has 2 heteroatoms. The Morgan fingerprint density at radius 1 is 1.27 bits per heavy atom. The zero-order valence-corrected chi connectivity index (χ0v) is 10.3. The molecule has 0 bridgehead atoms. The molecule has 0 atom stereocenters. The highest BCUT2D eigenvalue weighted by Gasteiger charge is 2.32. The lowest BCUT2D eigenvalue weighted by Crippen LogP contribution is -2.40. The Bertz CT molecular complexity index is 122. The van der Waals surface area contributed by atoms with Crippen molar-refractivity contribution in [1.29, 1.82) is 0 Å². The standard InChI is InChI=1S/C9H20OSi/c1-6-9(10-11,7(2)3)8(4)5/h6-8H,1H2,2-5,11H3. The maximum Gasteiger partial charge on any atom is 0.147 e. The number of hydrogen-bond donors (Lipinski definition) is 0. The Balaban J connectivity index is 4.60. The molecule has 0 N–H and O–H groups in total. The van der Waals surface area contributed by atoms with Crippen molar-refractivity contribution in [3.8, 4) is 0 Å². The highest BCUT2D eigenvalue weighted by molar-refractivity contribution is 5.98. The summed E-state index contributed by atoms with van der Waals surface area (Å²) in [7, 11) is 0.780. The van der Waals surface area contributed by atoms with E-state index in [2.05, 4.69) is 34.3 Å². The summed E-state index contributed by atoms with van der Waals surface area (Å²) in [6.07, 6.45) is 1.95. The van der Waals surface area contributed by atoms with Gasteiger partial charge in [0, 0.05) is 0 Å². The molecule has 0 aromatic rings. The van der Waals surface area contributed by atoms with Gasteiger partial charge in [-0.25, -0.2) is 0 Å². The molecule has 0 aliphatic carbocycles. The van der Waals surface area contributed by atoms with Crippen LogP contribution in [0.5, 0.6) is 0 Å². The summed E-state index contributed by atoms with van der Waals surface area (Å²) in [6, 6.07) is 0. The second-order valence-corrected chi connectivity index (χ2v) is 3.98. The summed E-state index contributed by atoms with van der Waals surface area (Å²) in [5.74, 6) is 1.02. The topological polar surface area (TPSA) is 9.23 Å². The molecule has 0 radical (unpaired) electrons. The summed E-state index contributed by atoms with van der Waals surface area (Å²) < 4.78 is 5.63. The molecule has 0 aliphatic heterocycles. The van der Waals surface area contributed by atoms with Crippen LogP contribution >= 0.6 is 0 Å². The van der Waals surface area contributed by atoms with E-state index in [1.54, 1.807) is 0 Å². The highest BCUT2D eigenvalue weighted by atomic mass is 28.2. The molecule has 0 rings (SSSR count). The predicted molar refractivity (Wildman–Crippen MR) is 53.6 cm³/mol. The second kappa shape index (κ2) is 4.07. The molecule has 66 valence electrons. The first-order valence-electron chi connectivity index (χ1n) is 4.20. The molecular weight excluding hydrogens is 152 g/mol. The maximum atomic E-state index is 5.63. The van der Waals surface area contributed by atoms with Gasteiger partial charge in [0.2, 0.25) is 0 Å². The highest BCUT2D eigenvalue weighted by Crippen LogP contribution is 2.30. The van der Waals surface area contributed by atoms with E-state index in [1.807, 2.05) is 6.08 Å². The first kappa shape index (κ1) is 10.9. The SMILES string of the molecule is C=CC(O[SiH3])(C(C)C)C(C)C. The molecule has 0 unspecified atom stereocenters. The molecule has 0 spiro atoms. The summed E-state index contributed by atoms with van der Waals surface area (Å²) in [4.78, 5) is 0. The molecule has 0 aliphatic rings. The zero-order chi connectivity index (χ0) is 9.07. The van der Waals surface area contributed by atoms with Gasteiger partial charge in [0.15, 0.2) is 0 Å². The first-order valence-corrected chi connectivity index (χ1v) is 5.01. The Hall–Kier alpha value is -0.0831. The molecule has 0 saturated carbocycles. The lowest BCUT2D eigenvalue weighted by Gasteiger charge is -2.37. The van der Waals surface area contributed by atoms with E-state index in [4.69, 9.17) is 4.43 Å². The average Bonchev–Trinajstić information content (AvgIpc) is 1.90. The third kappa shape index (κ3) is 1.94. The molecule has 0 amide bonds. The third-order valence-corrected chi connectivity index (χ3v) is 3.18. The van der Waals surface area contributed by atoms with Crippen LogP contribution in [0.15, 0.2) is 12.7 Å². The number of hydrogen-bond acceptors (Lipinski definition) is 1. The monoisotopic (exact) mass is 172 g/mol. The van der Waals surface area contributed by atoms with Crippen molar-refractivity contribution < 1.29 is 4.43 Å². The van der Waals surface area contributed by atoms with Gasteiger partial charge in [-0.1, -0.05) is 33.8 Å². The zero-order valence-electron chi connectivity index (χ0n) is 8.35. The van der Waals surface area contributed by atoms with Gasteiger partial charge in [0.1, 0.15) is 10.5 Å². The van der Waals surface area contributed by atoms with E-state index in [-0.39, 0.29) is 5.60 Å². The van der Waals surface area contributed by atoms with Crippen molar-refractivity contribution >= 4 is 10.5 Å². The van der Waals surface area contributed by atoms with Crippen LogP contribution in [0.1, 0.15) is 27.7 Å². The van der Waals surface area contributed by atoms with Crippen molar-refractivity contribution in [2.75, 3.05) is 0 Å². The third-order valence-electron chi connectivity index (χ3n) is 2.48. The van der Waals surface area contributed by atoms with E-state index < -0.39 is 0 Å². The molecule has 0 saturated heterocycles. The van der Waals surface area contributed by atoms with Crippen LogP contribution in [0, 0.1) is 11.8 Å². The summed E-state index contributed by atoms with van der Waals surface area (Å²) in [5.41, 5.74) is -0.0910. The van der Waals surface area contributed by atoms with Crippen LogP contribution in [0.3, 0.4) is 0 Å². The lowest BCUT2D eigenvalue weighted by molar-refractivity contribution is 0.0343. The molecule has 0 fully saturated rings. The molecule has 0 aromatic heterocycles. The lowest BCUT2D eigenvalue weighted by atomic mass is 9.81. The molecule has 0 aromatic carbocycles. The molecule has 11 heavy (non-hydrogen) atoms. The fourth-order valence-corrected chi connectivity index (χ4v) is 2.80. The van der Waals surface area contributed by atoms with Gasteiger partial charge in [-0.3, -0.25) is 0 Å². The van der Waals surface area contributed by atoms with Gasteiger partial charge in [-0.2, -0.15) is 0 Å². The predicted octanol–water partition coefficient (Wildman–Crippen LogP) is 1.52. The van der Waals surface area contributed by atoms with Crippen LogP contribution in [-0.4, -0.2) is 16.1 Å². The largest absolute Gasteiger partial charge is 0.419 e. The van der Waals surface area contributed by atoms with E-state index in [0.717, 1.165) is 10.5 Å². The normalized spacial score (nSPS) is 12.9. The van der Waals surface area contributed by atoms with Crippen LogP contribution in [0.25, 0.3) is 0 Å². The second-order valence-electron chi connectivity index (χ2n) is 3.57. The summed E-state index contributed by atoms with van der Waals surface area (Å²) in [6.45, 7) is 12.6. The van der Waals surface area contributed by atoms with Crippen LogP contribution in [-0.2, 0) is 4.43 Å². The Kier molecular flexibility index (Phi) is 4.04. The maximum absolute atomic E-state index is 5.63. The van der Waals surface area contributed by atoms with E-state index in [1.165, 1.54) is 0 Å². The average molecular weight is 172 g/mol. The Labute approximate surface area is 73.4 Å². The van der Waals surface area contributed by atoms with Crippen molar-refractivity contribution in [3.63, 3.8) is 0 Å².